The fourth-order valence-corrected chi connectivity index (χ4v) is 3.11. The van der Waals surface area contributed by atoms with Crippen molar-refractivity contribution in [2.24, 2.45) is 7.05 Å². The smallest absolute Gasteiger partial charge is 0.434 e. The maximum absolute atomic E-state index is 13.0. The van der Waals surface area contributed by atoms with Crippen LogP contribution in [-0.2, 0) is 13.2 Å². The summed E-state index contributed by atoms with van der Waals surface area (Å²) in [6.45, 7) is 0.753. The van der Waals surface area contributed by atoms with E-state index < -0.39 is 28.5 Å². The first-order valence-electron chi connectivity index (χ1n) is 7.62. The largest absolute Gasteiger partial charge is 0.459 e. The minimum Gasteiger partial charge on any atom is -0.459 e. The minimum absolute atomic E-state index is 0.152. The van der Waals surface area contributed by atoms with Crippen LogP contribution in [0.5, 0.6) is 0 Å². The van der Waals surface area contributed by atoms with Crippen LogP contribution in [0.1, 0.15) is 26.7 Å². The first kappa shape index (κ1) is 18.3. The Morgan fingerprint density at radius 1 is 1.15 bits per heavy atom. The number of alkyl halides is 3. The average Bonchev–Trinajstić information content (AvgIpc) is 3.21. The lowest BCUT2D eigenvalue weighted by Crippen LogP contribution is -2.50. The Balaban J connectivity index is 1.71. The summed E-state index contributed by atoms with van der Waals surface area (Å²) in [5.41, 5.74) is -1.62. The third-order valence-corrected chi connectivity index (χ3v) is 4.40. The van der Waals surface area contributed by atoms with Crippen molar-refractivity contribution in [1.82, 2.24) is 19.6 Å². The molecule has 7 nitrogen and oxygen atoms in total. The van der Waals surface area contributed by atoms with Gasteiger partial charge in [0.25, 0.3) is 11.8 Å². The van der Waals surface area contributed by atoms with E-state index in [0.29, 0.717) is 4.68 Å². The van der Waals surface area contributed by atoms with E-state index in [1.165, 1.54) is 22.1 Å². The number of nitrogens with zero attached hydrogens (tertiary/aromatic N) is 4. The molecule has 0 radical (unpaired) electrons. The van der Waals surface area contributed by atoms with Crippen molar-refractivity contribution >= 4 is 23.4 Å². The van der Waals surface area contributed by atoms with Gasteiger partial charge in [0.1, 0.15) is 5.02 Å². The molecule has 140 valence electrons. The number of furan rings is 1. The number of rotatable bonds is 2. The fourth-order valence-electron chi connectivity index (χ4n) is 2.76. The molecule has 1 fully saturated rings. The lowest BCUT2D eigenvalue weighted by Gasteiger charge is -2.34. The summed E-state index contributed by atoms with van der Waals surface area (Å²) in [5, 5.41) is 2.90. The molecule has 1 aliphatic rings. The molecule has 11 heteroatoms. The van der Waals surface area contributed by atoms with Crippen LogP contribution in [0, 0.1) is 0 Å². The van der Waals surface area contributed by atoms with Crippen molar-refractivity contribution in [2.75, 3.05) is 26.2 Å². The van der Waals surface area contributed by atoms with Gasteiger partial charge in [-0.2, -0.15) is 18.3 Å². The highest BCUT2D eigenvalue weighted by molar-refractivity contribution is 6.34. The summed E-state index contributed by atoms with van der Waals surface area (Å²) < 4.78 is 44.5. The molecule has 0 N–H and O–H groups in total. The third-order valence-electron chi connectivity index (χ3n) is 4.05. The van der Waals surface area contributed by atoms with Crippen molar-refractivity contribution in [1.29, 1.82) is 0 Å². The van der Waals surface area contributed by atoms with Crippen molar-refractivity contribution in [3.8, 4) is 0 Å². The van der Waals surface area contributed by atoms with Gasteiger partial charge in [0.15, 0.2) is 17.1 Å². The molecule has 1 saturated heterocycles. The van der Waals surface area contributed by atoms with Crippen molar-refractivity contribution in [3.05, 3.63) is 40.6 Å². The predicted molar refractivity (Wildman–Crippen MR) is 83.7 cm³/mol. The Morgan fingerprint density at radius 3 is 2.19 bits per heavy atom. The van der Waals surface area contributed by atoms with E-state index in [0.717, 1.165) is 7.05 Å². The Hall–Kier alpha value is -2.49. The molecule has 3 heterocycles. The van der Waals surface area contributed by atoms with Gasteiger partial charge in [-0.3, -0.25) is 14.3 Å². The predicted octanol–water partition coefficient (Wildman–Crippen LogP) is 2.28. The van der Waals surface area contributed by atoms with Crippen LogP contribution in [0.4, 0.5) is 13.2 Å². The maximum atomic E-state index is 13.0. The van der Waals surface area contributed by atoms with Crippen molar-refractivity contribution < 1.29 is 27.2 Å². The molecule has 0 aliphatic carbocycles. The van der Waals surface area contributed by atoms with E-state index in [9.17, 15) is 22.8 Å². The highest BCUT2D eigenvalue weighted by Crippen LogP contribution is 2.36. The van der Waals surface area contributed by atoms with Gasteiger partial charge >= 0.3 is 6.18 Å². The third kappa shape index (κ3) is 3.28. The van der Waals surface area contributed by atoms with E-state index in [4.69, 9.17) is 16.0 Å². The molecule has 0 unspecified atom stereocenters. The van der Waals surface area contributed by atoms with Gasteiger partial charge in [-0.1, -0.05) is 11.6 Å². The van der Waals surface area contributed by atoms with Gasteiger partial charge < -0.3 is 14.2 Å². The number of aryl methyl sites for hydroxylation is 1. The number of aromatic nitrogens is 2. The van der Waals surface area contributed by atoms with Crippen LogP contribution in [0.2, 0.25) is 5.02 Å². The Kier molecular flexibility index (Phi) is 4.70. The first-order chi connectivity index (χ1) is 12.2. The number of carbonyl (C=O) groups is 2. The maximum Gasteiger partial charge on any atom is 0.434 e. The van der Waals surface area contributed by atoms with Crippen LogP contribution in [0.3, 0.4) is 0 Å². The normalized spacial score (nSPS) is 15.4. The molecule has 0 aromatic carbocycles. The fraction of sp³-hybridized carbons (Fsp3) is 0.400. The topological polar surface area (TPSA) is 71.6 Å². The monoisotopic (exact) mass is 390 g/mol. The van der Waals surface area contributed by atoms with Crippen LogP contribution in [0.15, 0.2) is 22.8 Å². The zero-order chi connectivity index (χ0) is 19.1. The van der Waals surface area contributed by atoms with Gasteiger partial charge in [-0.25, -0.2) is 0 Å². The lowest BCUT2D eigenvalue weighted by molar-refractivity contribution is -0.143. The van der Waals surface area contributed by atoms with Crippen LogP contribution in [0.25, 0.3) is 0 Å². The molecule has 0 atom stereocenters. The number of amides is 2. The molecule has 2 aromatic heterocycles. The standard InChI is InChI=1S/C15H14ClF3N4O3/c1-21-12(15(17,18)19)10(16)11(20-21)14(25)23-6-4-22(5-7-23)13(24)9-3-2-8-26-9/h2-3,8H,4-7H2,1H3. The second-order valence-corrected chi connectivity index (χ2v) is 6.07. The second kappa shape index (κ2) is 6.67. The summed E-state index contributed by atoms with van der Waals surface area (Å²) in [5.74, 6) is -0.823. The molecular formula is C15H14ClF3N4O3. The van der Waals surface area contributed by atoms with E-state index >= 15 is 0 Å². The highest BCUT2D eigenvalue weighted by Gasteiger charge is 2.41. The van der Waals surface area contributed by atoms with E-state index in [2.05, 4.69) is 5.10 Å². The summed E-state index contributed by atoms with van der Waals surface area (Å²) in [6.07, 6.45) is -3.33. The molecule has 26 heavy (non-hydrogen) atoms. The van der Waals surface area contributed by atoms with Crippen molar-refractivity contribution in [3.63, 3.8) is 0 Å². The molecule has 0 spiro atoms. The molecule has 0 saturated carbocycles. The van der Waals surface area contributed by atoms with Gasteiger partial charge in [0, 0.05) is 33.2 Å². The molecular weight excluding hydrogens is 377 g/mol. The molecule has 1 aliphatic heterocycles. The highest BCUT2D eigenvalue weighted by atomic mass is 35.5. The van der Waals surface area contributed by atoms with Gasteiger partial charge in [0.05, 0.1) is 6.26 Å². The number of hydrogen-bond acceptors (Lipinski definition) is 4. The molecule has 0 bridgehead atoms. The van der Waals surface area contributed by atoms with E-state index in [1.54, 1.807) is 6.07 Å². The quantitative estimate of drug-likeness (QED) is 0.788. The molecule has 2 amide bonds. The summed E-state index contributed by atoms with van der Waals surface area (Å²) in [7, 11) is 1.07. The Labute approximate surface area is 150 Å². The zero-order valence-corrected chi connectivity index (χ0v) is 14.3. The molecule has 2 aromatic rings. The van der Waals surface area contributed by atoms with Gasteiger partial charge in [0.2, 0.25) is 0 Å². The number of piperazine rings is 1. The molecule has 3 rings (SSSR count). The van der Waals surface area contributed by atoms with Crippen LogP contribution < -0.4 is 0 Å². The summed E-state index contributed by atoms with van der Waals surface area (Å²) in [4.78, 5) is 27.5. The van der Waals surface area contributed by atoms with E-state index in [1.807, 2.05) is 0 Å². The summed E-state index contributed by atoms with van der Waals surface area (Å²) in [6, 6.07) is 3.13. The van der Waals surface area contributed by atoms with Crippen LogP contribution >= 0.6 is 11.6 Å². The average molecular weight is 391 g/mol. The SMILES string of the molecule is Cn1nc(C(=O)N2CCN(C(=O)c3ccco3)CC2)c(Cl)c1C(F)(F)F. The summed E-state index contributed by atoms with van der Waals surface area (Å²) >= 11 is 5.75. The minimum atomic E-state index is -4.72. The van der Waals surface area contributed by atoms with Gasteiger partial charge in [-0.15, -0.1) is 0 Å². The Bertz CT molecular complexity index is 824. The Morgan fingerprint density at radius 2 is 1.73 bits per heavy atom. The first-order valence-corrected chi connectivity index (χ1v) is 7.99. The number of hydrogen-bond donors (Lipinski definition) is 0. The van der Waals surface area contributed by atoms with Crippen molar-refractivity contribution in [2.45, 2.75) is 6.18 Å². The van der Waals surface area contributed by atoms with Gasteiger partial charge in [-0.05, 0) is 12.1 Å². The second-order valence-electron chi connectivity index (χ2n) is 5.69. The zero-order valence-electron chi connectivity index (χ0n) is 13.6. The lowest BCUT2D eigenvalue weighted by atomic mass is 10.2. The number of halogens is 4. The number of carbonyl (C=O) groups excluding carboxylic acids is 2. The van der Waals surface area contributed by atoms with Crippen LogP contribution in [-0.4, -0.2) is 57.6 Å². The van der Waals surface area contributed by atoms with E-state index in [-0.39, 0.29) is 37.8 Å².